The molecule has 0 unspecified atom stereocenters. The number of nitro benzene ring substituents is 1. The summed E-state index contributed by atoms with van der Waals surface area (Å²) in [5.74, 6) is 0. The Hall–Kier alpha value is -1.23. The maximum atomic E-state index is 12.6. The van der Waals surface area contributed by atoms with Gasteiger partial charge in [0.25, 0.3) is 5.69 Å². The predicted octanol–water partition coefficient (Wildman–Crippen LogP) is 4.14. The standard InChI is InChI=1S/C14H20NO5P/c1-3-14(4-2)10-19-21(18,20-11-14)9-12-5-7-13(8-6-12)15(16)17/h5-8H,3-4,9-11H2,1-2H3. The molecular weight excluding hydrogens is 293 g/mol. The quantitative estimate of drug-likeness (QED) is 0.463. The van der Waals surface area contributed by atoms with Crippen LogP contribution in [0.1, 0.15) is 32.3 Å². The second kappa shape index (κ2) is 6.26. The van der Waals surface area contributed by atoms with Gasteiger partial charge < -0.3 is 9.05 Å². The van der Waals surface area contributed by atoms with Crippen molar-refractivity contribution in [3.05, 3.63) is 39.9 Å². The SMILES string of the molecule is CCC1(CC)COP(=O)(Cc2ccc([N+](=O)[O-])cc2)OC1. The van der Waals surface area contributed by atoms with Crippen LogP contribution < -0.4 is 0 Å². The monoisotopic (exact) mass is 313 g/mol. The van der Waals surface area contributed by atoms with Crippen molar-refractivity contribution in [1.29, 1.82) is 0 Å². The molecule has 116 valence electrons. The predicted molar refractivity (Wildman–Crippen MR) is 79.3 cm³/mol. The summed E-state index contributed by atoms with van der Waals surface area (Å²) in [5.41, 5.74) is 0.673. The summed E-state index contributed by atoms with van der Waals surface area (Å²) in [6.45, 7) is 5.01. The van der Waals surface area contributed by atoms with Gasteiger partial charge in [-0.2, -0.15) is 0 Å². The fraction of sp³-hybridized carbons (Fsp3) is 0.571. The molecule has 21 heavy (non-hydrogen) atoms. The van der Waals surface area contributed by atoms with Crippen LogP contribution in [0.15, 0.2) is 24.3 Å². The fourth-order valence-corrected chi connectivity index (χ4v) is 4.10. The molecule has 6 nitrogen and oxygen atoms in total. The molecule has 0 aliphatic carbocycles. The average Bonchev–Trinajstić information content (AvgIpc) is 2.49. The maximum absolute atomic E-state index is 12.6. The molecule has 0 spiro atoms. The second-order valence-corrected chi connectivity index (χ2v) is 7.50. The number of benzene rings is 1. The van der Waals surface area contributed by atoms with Gasteiger partial charge >= 0.3 is 7.60 Å². The minimum Gasteiger partial charge on any atom is -0.308 e. The van der Waals surface area contributed by atoms with E-state index in [9.17, 15) is 14.7 Å². The first-order valence-corrected chi connectivity index (χ1v) is 8.76. The summed E-state index contributed by atoms with van der Waals surface area (Å²) < 4.78 is 23.7. The highest BCUT2D eigenvalue weighted by Crippen LogP contribution is 2.57. The molecule has 0 amide bonds. The first-order valence-electron chi connectivity index (χ1n) is 7.03. The van der Waals surface area contributed by atoms with E-state index in [4.69, 9.17) is 9.05 Å². The minimum atomic E-state index is -3.15. The van der Waals surface area contributed by atoms with Crippen LogP contribution in [0.3, 0.4) is 0 Å². The molecule has 0 bridgehead atoms. The molecular formula is C14H20NO5P. The Morgan fingerprint density at radius 3 is 2.14 bits per heavy atom. The molecule has 0 saturated carbocycles. The molecule has 1 aromatic rings. The topological polar surface area (TPSA) is 78.7 Å². The van der Waals surface area contributed by atoms with Crippen molar-refractivity contribution < 1.29 is 18.5 Å². The Morgan fingerprint density at radius 1 is 1.19 bits per heavy atom. The highest BCUT2D eigenvalue weighted by molar-refractivity contribution is 7.53. The van der Waals surface area contributed by atoms with Gasteiger partial charge in [0.2, 0.25) is 0 Å². The van der Waals surface area contributed by atoms with Gasteiger partial charge in [-0.1, -0.05) is 26.0 Å². The summed E-state index contributed by atoms with van der Waals surface area (Å²) in [7, 11) is -3.15. The molecule has 0 radical (unpaired) electrons. The van der Waals surface area contributed by atoms with Gasteiger partial charge in [0.15, 0.2) is 0 Å². The Labute approximate surface area is 124 Å². The highest BCUT2D eigenvalue weighted by Gasteiger charge is 2.40. The smallest absolute Gasteiger partial charge is 0.308 e. The van der Waals surface area contributed by atoms with Gasteiger partial charge in [-0.3, -0.25) is 14.7 Å². The molecule has 1 aliphatic rings. The summed E-state index contributed by atoms with van der Waals surface area (Å²) >= 11 is 0. The number of nitrogens with zero attached hydrogens (tertiary/aromatic N) is 1. The molecule has 0 atom stereocenters. The van der Waals surface area contributed by atoms with Crippen LogP contribution >= 0.6 is 7.60 Å². The van der Waals surface area contributed by atoms with Crippen molar-refractivity contribution in [2.24, 2.45) is 5.41 Å². The Kier molecular flexibility index (Phi) is 4.81. The summed E-state index contributed by atoms with van der Waals surface area (Å²) in [6, 6.07) is 5.97. The van der Waals surface area contributed by atoms with Crippen LogP contribution in [-0.4, -0.2) is 18.1 Å². The molecule has 7 heteroatoms. The van der Waals surface area contributed by atoms with Gasteiger partial charge in [-0.25, -0.2) is 0 Å². The van der Waals surface area contributed by atoms with Crippen molar-refractivity contribution in [2.75, 3.05) is 13.2 Å². The lowest BCUT2D eigenvalue weighted by Gasteiger charge is -2.38. The minimum absolute atomic E-state index is 0.0125. The lowest BCUT2D eigenvalue weighted by atomic mass is 9.84. The van der Waals surface area contributed by atoms with Crippen LogP contribution in [0.25, 0.3) is 0 Å². The van der Waals surface area contributed by atoms with E-state index in [2.05, 4.69) is 13.8 Å². The third-order valence-corrected chi connectivity index (χ3v) is 5.96. The largest absolute Gasteiger partial charge is 0.335 e. The van der Waals surface area contributed by atoms with E-state index in [1.165, 1.54) is 12.1 Å². The second-order valence-electron chi connectivity index (χ2n) is 5.45. The van der Waals surface area contributed by atoms with Crippen molar-refractivity contribution in [3.8, 4) is 0 Å². The summed E-state index contributed by atoms with van der Waals surface area (Å²) in [5, 5.41) is 10.6. The molecule has 1 saturated heterocycles. The van der Waals surface area contributed by atoms with E-state index >= 15 is 0 Å². The molecule has 2 rings (SSSR count). The van der Waals surface area contributed by atoms with Crippen LogP contribution in [0.5, 0.6) is 0 Å². The fourth-order valence-electron chi connectivity index (χ4n) is 2.25. The van der Waals surface area contributed by atoms with Crippen LogP contribution in [0.2, 0.25) is 0 Å². The Bertz CT molecular complexity index is 539. The summed E-state index contributed by atoms with van der Waals surface area (Å²) in [6.07, 6.45) is 1.98. The molecule has 0 N–H and O–H groups in total. The van der Waals surface area contributed by atoms with Crippen LogP contribution in [-0.2, 0) is 19.8 Å². The van der Waals surface area contributed by atoms with Crippen LogP contribution in [0, 0.1) is 15.5 Å². The number of non-ortho nitro benzene ring substituents is 1. The average molecular weight is 313 g/mol. The Balaban J connectivity index is 2.03. The normalized spacial score (nSPS) is 20.1. The van der Waals surface area contributed by atoms with E-state index in [1.807, 2.05) is 0 Å². The third-order valence-electron chi connectivity index (χ3n) is 4.16. The van der Waals surface area contributed by atoms with Crippen molar-refractivity contribution >= 4 is 13.3 Å². The van der Waals surface area contributed by atoms with Crippen molar-refractivity contribution in [3.63, 3.8) is 0 Å². The zero-order valence-electron chi connectivity index (χ0n) is 12.3. The number of nitro groups is 1. The lowest BCUT2D eigenvalue weighted by Crippen LogP contribution is -2.34. The van der Waals surface area contributed by atoms with Crippen molar-refractivity contribution in [1.82, 2.24) is 0 Å². The molecule has 1 heterocycles. The first kappa shape index (κ1) is 16.1. The molecule has 1 fully saturated rings. The zero-order chi connectivity index (χ0) is 15.5. The molecule has 0 aromatic heterocycles. The number of rotatable bonds is 5. The van der Waals surface area contributed by atoms with Gasteiger partial charge in [-0.15, -0.1) is 0 Å². The van der Waals surface area contributed by atoms with E-state index in [0.29, 0.717) is 18.8 Å². The van der Waals surface area contributed by atoms with E-state index in [0.717, 1.165) is 12.8 Å². The summed E-state index contributed by atoms with van der Waals surface area (Å²) in [4.78, 5) is 10.1. The van der Waals surface area contributed by atoms with Crippen molar-refractivity contribution in [2.45, 2.75) is 32.9 Å². The van der Waals surface area contributed by atoms with Gasteiger partial charge in [0, 0.05) is 17.5 Å². The van der Waals surface area contributed by atoms with E-state index < -0.39 is 12.5 Å². The Morgan fingerprint density at radius 2 is 1.71 bits per heavy atom. The lowest BCUT2D eigenvalue weighted by molar-refractivity contribution is -0.384. The number of hydrogen-bond acceptors (Lipinski definition) is 5. The van der Waals surface area contributed by atoms with Gasteiger partial charge in [0.1, 0.15) is 0 Å². The number of hydrogen-bond donors (Lipinski definition) is 0. The molecule has 1 aromatic carbocycles. The maximum Gasteiger partial charge on any atom is 0.335 e. The first-order chi connectivity index (χ1) is 9.92. The highest BCUT2D eigenvalue weighted by atomic mass is 31.2. The van der Waals surface area contributed by atoms with Gasteiger partial charge in [0.05, 0.1) is 24.3 Å². The third kappa shape index (κ3) is 3.70. The van der Waals surface area contributed by atoms with Gasteiger partial charge in [-0.05, 0) is 18.4 Å². The van der Waals surface area contributed by atoms with E-state index in [1.54, 1.807) is 12.1 Å². The zero-order valence-corrected chi connectivity index (χ0v) is 13.2. The van der Waals surface area contributed by atoms with E-state index in [-0.39, 0.29) is 17.3 Å². The van der Waals surface area contributed by atoms with Crippen LogP contribution in [0.4, 0.5) is 5.69 Å². The molecule has 1 aliphatic heterocycles.